The van der Waals surface area contributed by atoms with Crippen molar-refractivity contribution in [2.24, 2.45) is 0 Å². The van der Waals surface area contributed by atoms with Gasteiger partial charge in [0, 0.05) is 22.3 Å². The van der Waals surface area contributed by atoms with E-state index in [1.165, 1.54) is 5.56 Å². The minimum Gasteiger partial charge on any atom is -0.341 e. The Hall–Kier alpha value is -1.61. The first-order chi connectivity index (χ1) is 9.52. The second kappa shape index (κ2) is 6.23. The second-order valence-corrected chi connectivity index (χ2v) is 5.72. The number of hydrogen-bond acceptors (Lipinski definition) is 2. The summed E-state index contributed by atoms with van der Waals surface area (Å²) >= 11 is 3.43. The van der Waals surface area contributed by atoms with Crippen LogP contribution in [0.5, 0.6) is 0 Å². The van der Waals surface area contributed by atoms with Gasteiger partial charge >= 0.3 is 0 Å². The van der Waals surface area contributed by atoms with E-state index in [9.17, 15) is 4.79 Å². The fourth-order valence-corrected chi connectivity index (χ4v) is 2.67. The molecular formula is C17H18BrNO. The van der Waals surface area contributed by atoms with Crippen LogP contribution in [-0.2, 0) is 0 Å². The molecule has 0 atom stereocenters. The van der Waals surface area contributed by atoms with E-state index in [1.54, 1.807) is 6.92 Å². The standard InChI is InChI=1S/C17H18BrNO/c1-4-19(15-7-5-6-12(2)10-15)17-9-8-14(18)11-16(17)13(3)20/h5-11H,4H2,1-3H3. The van der Waals surface area contributed by atoms with Crippen LogP contribution >= 0.6 is 15.9 Å². The first-order valence-corrected chi connectivity index (χ1v) is 7.47. The van der Waals surface area contributed by atoms with E-state index < -0.39 is 0 Å². The first-order valence-electron chi connectivity index (χ1n) is 6.67. The van der Waals surface area contributed by atoms with Crippen molar-refractivity contribution in [3.05, 3.63) is 58.1 Å². The number of rotatable bonds is 4. The largest absolute Gasteiger partial charge is 0.341 e. The third kappa shape index (κ3) is 3.10. The lowest BCUT2D eigenvalue weighted by atomic mass is 10.1. The Morgan fingerprint density at radius 3 is 2.55 bits per heavy atom. The summed E-state index contributed by atoms with van der Waals surface area (Å²) in [5.41, 5.74) is 4.01. The van der Waals surface area contributed by atoms with E-state index in [0.717, 1.165) is 28.0 Å². The summed E-state index contributed by atoms with van der Waals surface area (Å²) in [6, 6.07) is 14.2. The summed E-state index contributed by atoms with van der Waals surface area (Å²) in [7, 11) is 0. The van der Waals surface area contributed by atoms with Gasteiger partial charge in [-0.1, -0.05) is 28.1 Å². The van der Waals surface area contributed by atoms with E-state index in [0.29, 0.717) is 0 Å². The van der Waals surface area contributed by atoms with E-state index in [1.807, 2.05) is 24.3 Å². The van der Waals surface area contributed by atoms with Gasteiger partial charge in [0.15, 0.2) is 5.78 Å². The summed E-state index contributed by atoms with van der Waals surface area (Å²) in [5.74, 6) is 0.0763. The van der Waals surface area contributed by atoms with Gasteiger partial charge in [-0.3, -0.25) is 4.79 Å². The van der Waals surface area contributed by atoms with Crippen molar-refractivity contribution in [2.75, 3.05) is 11.4 Å². The number of benzene rings is 2. The zero-order valence-electron chi connectivity index (χ0n) is 12.0. The zero-order chi connectivity index (χ0) is 14.7. The van der Waals surface area contributed by atoms with Crippen LogP contribution < -0.4 is 4.90 Å². The molecule has 0 aliphatic carbocycles. The van der Waals surface area contributed by atoms with Gasteiger partial charge in [-0.25, -0.2) is 0 Å². The molecule has 2 rings (SSSR count). The van der Waals surface area contributed by atoms with Crippen LogP contribution in [0.1, 0.15) is 29.8 Å². The minimum atomic E-state index is 0.0763. The molecule has 2 aromatic carbocycles. The normalized spacial score (nSPS) is 10.4. The highest BCUT2D eigenvalue weighted by Gasteiger charge is 2.15. The van der Waals surface area contributed by atoms with Gasteiger partial charge in [-0.15, -0.1) is 0 Å². The molecule has 20 heavy (non-hydrogen) atoms. The number of Topliss-reactive ketones (excluding diaryl/α,β-unsaturated/α-hetero) is 1. The van der Waals surface area contributed by atoms with E-state index >= 15 is 0 Å². The summed E-state index contributed by atoms with van der Waals surface area (Å²) in [6.45, 7) is 6.58. The lowest BCUT2D eigenvalue weighted by Gasteiger charge is -2.25. The molecule has 0 saturated heterocycles. The predicted octanol–water partition coefficient (Wildman–Crippen LogP) is 5.12. The maximum Gasteiger partial charge on any atom is 0.161 e. The lowest BCUT2D eigenvalue weighted by molar-refractivity contribution is 0.101. The molecule has 2 aromatic rings. The highest BCUT2D eigenvalue weighted by molar-refractivity contribution is 9.10. The van der Waals surface area contributed by atoms with Crippen LogP contribution in [0.3, 0.4) is 0 Å². The molecular weight excluding hydrogens is 314 g/mol. The molecule has 0 amide bonds. The fourth-order valence-electron chi connectivity index (χ4n) is 2.31. The number of aryl methyl sites for hydroxylation is 1. The van der Waals surface area contributed by atoms with Crippen molar-refractivity contribution >= 4 is 33.1 Å². The number of hydrogen-bond donors (Lipinski definition) is 0. The summed E-state index contributed by atoms with van der Waals surface area (Å²) < 4.78 is 0.923. The van der Waals surface area contributed by atoms with Crippen molar-refractivity contribution in [1.82, 2.24) is 0 Å². The van der Waals surface area contributed by atoms with Gasteiger partial charge < -0.3 is 4.90 Å². The van der Waals surface area contributed by atoms with Crippen LogP contribution in [0, 0.1) is 6.92 Å². The molecule has 2 nitrogen and oxygen atoms in total. The average molecular weight is 332 g/mol. The third-order valence-corrected chi connectivity index (χ3v) is 3.75. The zero-order valence-corrected chi connectivity index (χ0v) is 13.6. The fraction of sp³-hybridized carbons (Fsp3) is 0.235. The van der Waals surface area contributed by atoms with Crippen molar-refractivity contribution in [1.29, 1.82) is 0 Å². The van der Waals surface area contributed by atoms with Crippen molar-refractivity contribution in [3.8, 4) is 0 Å². The quantitative estimate of drug-likeness (QED) is 0.725. The van der Waals surface area contributed by atoms with Gasteiger partial charge in [0.05, 0.1) is 5.69 Å². The van der Waals surface area contributed by atoms with Crippen molar-refractivity contribution in [2.45, 2.75) is 20.8 Å². The lowest BCUT2D eigenvalue weighted by Crippen LogP contribution is -2.18. The van der Waals surface area contributed by atoms with Crippen molar-refractivity contribution in [3.63, 3.8) is 0 Å². The van der Waals surface area contributed by atoms with Crippen LogP contribution in [-0.4, -0.2) is 12.3 Å². The van der Waals surface area contributed by atoms with E-state index in [2.05, 4.69) is 52.9 Å². The molecule has 0 bridgehead atoms. The number of halogens is 1. The maximum atomic E-state index is 11.9. The molecule has 0 unspecified atom stereocenters. The molecule has 3 heteroatoms. The number of anilines is 2. The molecule has 0 heterocycles. The predicted molar refractivity (Wildman–Crippen MR) is 88.0 cm³/mol. The summed E-state index contributed by atoms with van der Waals surface area (Å²) in [5, 5.41) is 0. The van der Waals surface area contributed by atoms with Crippen molar-refractivity contribution < 1.29 is 4.79 Å². The molecule has 0 aliphatic heterocycles. The van der Waals surface area contributed by atoms with Crippen LogP contribution in [0.2, 0.25) is 0 Å². The highest BCUT2D eigenvalue weighted by atomic mass is 79.9. The van der Waals surface area contributed by atoms with Gasteiger partial charge in [-0.05, 0) is 56.7 Å². The smallest absolute Gasteiger partial charge is 0.161 e. The summed E-state index contributed by atoms with van der Waals surface area (Å²) in [6.07, 6.45) is 0. The molecule has 0 aliphatic rings. The maximum absolute atomic E-state index is 11.9. The summed E-state index contributed by atoms with van der Waals surface area (Å²) in [4.78, 5) is 14.1. The topological polar surface area (TPSA) is 20.3 Å². The number of carbonyl (C=O) groups is 1. The second-order valence-electron chi connectivity index (χ2n) is 4.80. The molecule has 0 fully saturated rings. The number of nitrogens with zero attached hydrogens (tertiary/aromatic N) is 1. The number of ketones is 1. The van der Waals surface area contributed by atoms with Crippen LogP contribution in [0.25, 0.3) is 0 Å². The Balaban J connectivity index is 2.55. The van der Waals surface area contributed by atoms with Gasteiger partial charge in [0.2, 0.25) is 0 Å². The minimum absolute atomic E-state index is 0.0763. The first kappa shape index (κ1) is 14.8. The Labute approximate surface area is 128 Å². The van der Waals surface area contributed by atoms with Gasteiger partial charge in [-0.2, -0.15) is 0 Å². The molecule has 0 N–H and O–H groups in total. The van der Waals surface area contributed by atoms with Gasteiger partial charge in [0.1, 0.15) is 0 Å². The van der Waals surface area contributed by atoms with Crippen LogP contribution in [0.4, 0.5) is 11.4 Å². The van der Waals surface area contributed by atoms with Crippen LogP contribution in [0.15, 0.2) is 46.9 Å². The highest BCUT2D eigenvalue weighted by Crippen LogP contribution is 2.31. The SMILES string of the molecule is CCN(c1cccc(C)c1)c1ccc(Br)cc1C(C)=O. The number of carbonyl (C=O) groups excluding carboxylic acids is 1. The monoisotopic (exact) mass is 331 g/mol. The Bertz CT molecular complexity index is 637. The Morgan fingerprint density at radius 1 is 1.20 bits per heavy atom. The molecule has 0 spiro atoms. The average Bonchev–Trinajstić information content (AvgIpc) is 2.41. The van der Waals surface area contributed by atoms with Gasteiger partial charge in [0.25, 0.3) is 0 Å². The third-order valence-electron chi connectivity index (χ3n) is 3.26. The van der Waals surface area contributed by atoms with E-state index in [4.69, 9.17) is 0 Å². The molecule has 0 aromatic heterocycles. The van der Waals surface area contributed by atoms with E-state index in [-0.39, 0.29) is 5.78 Å². The molecule has 0 saturated carbocycles. The Kier molecular flexibility index (Phi) is 4.61. The molecule has 104 valence electrons. The Morgan fingerprint density at radius 2 is 1.95 bits per heavy atom. The molecule has 0 radical (unpaired) electrons.